The van der Waals surface area contributed by atoms with Gasteiger partial charge in [-0.05, 0) is 62.1 Å². The highest BCUT2D eigenvalue weighted by molar-refractivity contribution is 5.98. The molecule has 37 heavy (non-hydrogen) atoms. The minimum absolute atomic E-state index is 0.0124. The fourth-order valence-corrected chi connectivity index (χ4v) is 5.78. The number of amides is 2. The zero-order chi connectivity index (χ0) is 25.6. The van der Waals surface area contributed by atoms with Crippen molar-refractivity contribution in [3.63, 3.8) is 0 Å². The monoisotopic (exact) mass is 508 g/mol. The highest BCUT2D eigenvalue weighted by atomic mass is 19.1. The smallest absolute Gasteiger partial charge is 0.254 e. The van der Waals surface area contributed by atoms with E-state index in [2.05, 4.69) is 22.3 Å². The van der Waals surface area contributed by atoms with E-state index in [-0.39, 0.29) is 29.8 Å². The lowest BCUT2D eigenvalue weighted by molar-refractivity contribution is -0.135. The second kappa shape index (κ2) is 12.2. The molecular formula is C29H37FN4O3. The van der Waals surface area contributed by atoms with Gasteiger partial charge in [-0.25, -0.2) is 4.39 Å². The molecule has 0 bridgehead atoms. The Bertz CT molecular complexity index is 1040. The first kappa shape index (κ1) is 25.8. The maximum atomic E-state index is 13.8. The topological polar surface area (TPSA) is 65.1 Å². The van der Waals surface area contributed by atoms with Crippen LogP contribution in [0.4, 0.5) is 4.39 Å². The van der Waals surface area contributed by atoms with E-state index in [0.717, 1.165) is 52.0 Å². The Kier molecular flexibility index (Phi) is 8.48. The van der Waals surface area contributed by atoms with Gasteiger partial charge in [-0.1, -0.05) is 30.3 Å². The van der Waals surface area contributed by atoms with Crippen molar-refractivity contribution in [1.82, 2.24) is 20.0 Å². The molecule has 2 amide bonds. The van der Waals surface area contributed by atoms with Gasteiger partial charge < -0.3 is 19.9 Å². The van der Waals surface area contributed by atoms with Crippen molar-refractivity contribution in [2.45, 2.75) is 50.4 Å². The number of ether oxygens (including phenoxy) is 1. The number of hydrogen-bond donors (Lipinski definition) is 1. The third kappa shape index (κ3) is 6.37. The predicted molar refractivity (Wildman–Crippen MR) is 140 cm³/mol. The Morgan fingerprint density at radius 2 is 1.84 bits per heavy atom. The summed E-state index contributed by atoms with van der Waals surface area (Å²) in [5, 5.41) is 3.35. The molecule has 198 valence electrons. The number of benzene rings is 2. The largest absolute Gasteiger partial charge is 0.377 e. The van der Waals surface area contributed by atoms with E-state index in [1.807, 2.05) is 23.1 Å². The van der Waals surface area contributed by atoms with Gasteiger partial charge in [-0.2, -0.15) is 0 Å². The third-order valence-corrected chi connectivity index (χ3v) is 7.77. The van der Waals surface area contributed by atoms with Crippen molar-refractivity contribution >= 4 is 11.8 Å². The molecule has 3 saturated heterocycles. The van der Waals surface area contributed by atoms with E-state index in [4.69, 9.17) is 4.74 Å². The maximum absolute atomic E-state index is 13.8. The summed E-state index contributed by atoms with van der Waals surface area (Å²) < 4.78 is 19.6. The van der Waals surface area contributed by atoms with Crippen LogP contribution in [0, 0.1) is 5.82 Å². The molecule has 0 radical (unpaired) electrons. The number of likely N-dealkylation sites (tertiary alicyclic amines) is 1. The number of carbonyl (C=O) groups excluding carboxylic acids is 2. The molecule has 3 aliphatic rings. The number of halogens is 1. The number of carbonyl (C=O) groups is 2. The first-order valence-corrected chi connectivity index (χ1v) is 13.5. The molecule has 3 fully saturated rings. The molecule has 7 nitrogen and oxygen atoms in total. The van der Waals surface area contributed by atoms with Gasteiger partial charge >= 0.3 is 0 Å². The molecule has 1 N–H and O–H groups in total. The van der Waals surface area contributed by atoms with Gasteiger partial charge in [-0.3, -0.25) is 14.5 Å². The van der Waals surface area contributed by atoms with Gasteiger partial charge in [-0.15, -0.1) is 0 Å². The predicted octanol–water partition coefficient (Wildman–Crippen LogP) is 2.91. The van der Waals surface area contributed by atoms with Crippen LogP contribution in [0.1, 0.15) is 41.6 Å². The summed E-state index contributed by atoms with van der Waals surface area (Å²) in [6, 6.07) is 15.4. The lowest BCUT2D eigenvalue weighted by atomic mass is 10.1. The summed E-state index contributed by atoms with van der Waals surface area (Å²) in [6.45, 7) is 5.73. The Balaban J connectivity index is 1.41. The molecule has 3 heterocycles. The molecule has 3 atom stereocenters. The standard InChI is InChI=1S/C29H37FN4O3/c30-24-11-9-23(10-12-24)28(35)34-20-25(18-27(34)29(36)32-15-5-13-31-14-16-32)33(21-26-8-4-17-37-26)19-22-6-2-1-3-7-22/h1-3,6-7,9-12,25-27,31H,4-5,8,13-21H2. The second-order valence-electron chi connectivity index (χ2n) is 10.3. The van der Waals surface area contributed by atoms with Crippen molar-refractivity contribution in [2.75, 3.05) is 45.9 Å². The number of hydrogen-bond acceptors (Lipinski definition) is 5. The van der Waals surface area contributed by atoms with Crippen LogP contribution < -0.4 is 5.32 Å². The van der Waals surface area contributed by atoms with Crippen LogP contribution in [0.3, 0.4) is 0 Å². The number of rotatable bonds is 7. The Morgan fingerprint density at radius 1 is 1.03 bits per heavy atom. The summed E-state index contributed by atoms with van der Waals surface area (Å²) >= 11 is 0. The fraction of sp³-hybridized carbons (Fsp3) is 0.517. The summed E-state index contributed by atoms with van der Waals surface area (Å²) in [6.07, 6.45) is 3.73. The molecule has 0 aliphatic carbocycles. The van der Waals surface area contributed by atoms with E-state index in [0.29, 0.717) is 31.6 Å². The Labute approximate surface area is 218 Å². The lowest BCUT2D eigenvalue weighted by Gasteiger charge is -2.31. The molecule has 8 heteroatoms. The van der Waals surface area contributed by atoms with Crippen molar-refractivity contribution in [1.29, 1.82) is 0 Å². The zero-order valence-electron chi connectivity index (χ0n) is 21.4. The van der Waals surface area contributed by atoms with Crippen molar-refractivity contribution in [3.8, 4) is 0 Å². The van der Waals surface area contributed by atoms with Gasteiger partial charge in [0, 0.05) is 57.5 Å². The molecule has 2 aromatic carbocycles. The van der Waals surface area contributed by atoms with Gasteiger partial charge in [0.05, 0.1) is 6.10 Å². The SMILES string of the molecule is O=C(C1CC(N(Cc2ccccc2)CC2CCCO2)CN1C(=O)c1ccc(F)cc1)N1CCCNCC1. The molecule has 0 spiro atoms. The quantitative estimate of drug-likeness (QED) is 0.623. The molecule has 2 aromatic rings. The van der Waals surface area contributed by atoms with E-state index in [1.165, 1.54) is 29.8 Å². The minimum Gasteiger partial charge on any atom is -0.377 e. The van der Waals surface area contributed by atoms with Crippen LogP contribution >= 0.6 is 0 Å². The Morgan fingerprint density at radius 3 is 2.59 bits per heavy atom. The van der Waals surface area contributed by atoms with Crippen LogP contribution in [0.5, 0.6) is 0 Å². The second-order valence-corrected chi connectivity index (χ2v) is 10.3. The van der Waals surface area contributed by atoms with Crippen molar-refractivity contribution in [3.05, 3.63) is 71.5 Å². The minimum atomic E-state index is -0.538. The van der Waals surface area contributed by atoms with E-state index < -0.39 is 6.04 Å². The first-order chi connectivity index (χ1) is 18.1. The third-order valence-electron chi connectivity index (χ3n) is 7.77. The van der Waals surface area contributed by atoms with Crippen LogP contribution in [-0.2, 0) is 16.1 Å². The van der Waals surface area contributed by atoms with Gasteiger partial charge in [0.25, 0.3) is 5.91 Å². The highest BCUT2D eigenvalue weighted by Gasteiger charge is 2.44. The van der Waals surface area contributed by atoms with Gasteiger partial charge in [0.15, 0.2) is 0 Å². The summed E-state index contributed by atoms with van der Waals surface area (Å²) in [7, 11) is 0. The highest BCUT2D eigenvalue weighted by Crippen LogP contribution is 2.29. The zero-order valence-corrected chi connectivity index (χ0v) is 21.4. The van der Waals surface area contributed by atoms with Gasteiger partial charge in [0.1, 0.15) is 11.9 Å². The summed E-state index contributed by atoms with van der Waals surface area (Å²) in [4.78, 5) is 33.5. The van der Waals surface area contributed by atoms with Crippen LogP contribution in [0.15, 0.2) is 54.6 Å². The van der Waals surface area contributed by atoms with E-state index in [9.17, 15) is 14.0 Å². The van der Waals surface area contributed by atoms with Crippen molar-refractivity contribution in [2.24, 2.45) is 0 Å². The molecular weight excluding hydrogens is 471 g/mol. The van der Waals surface area contributed by atoms with Crippen LogP contribution in [-0.4, -0.2) is 90.6 Å². The molecule has 5 rings (SSSR count). The average Bonchev–Trinajstić information content (AvgIpc) is 3.52. The fourth-order valence-electron chi connectivity index (χ4n) is 5.78. The number of nitrogens with zero attached hydrogens (tertiary/aromatic N) is 3. The molecule has 3 aliphatic heterocycles. The molecule has 3 unspecified atom stereocenters. The Hall–Kier alpha value is -2.81. The molecule has 0 aromatic heterocycles. The number of nitrogens with one attached hydrogen (secondary N) is 1. The summed E-state index contributed by atoms with van der Waals surface area (Å²) in [5.74, 6) is -0.588. The normalized spacial score (nSPS) is 24.4. The summed E-state index contributed by atoms with van der Waals surface area (Å²) in [5.41, 5.74) is 1.61. The van der Waals surface area contributed by atoms with E-state index in [1.54, 1.807) is 4.90 Å². The van der Waals surface area contributed by atoms with Crippen LogP contribution in [0.25, 0.3) is 0 Å². The maximum Gasteiger partial charge on any atom is 0.254 e. The lowest BCUT2D eigenvalue weighted by Crippen LogP contribution is -2.48. The van der Waals surface area contributed by atoms with Crippen LogP contribution in [0.2, 0.25) is 0 Å². The average molecular weight is 509 g/mol. The first-order valence-electron chi connectivity index (χ1n) is 13.5. The molecule has 0 saturated carbocycles. The van der Waals surface area contributed by atoms with Gasteiger partial charge in [0.2, 0.25) is 5.91 Å². The van der Waals surface area contributed by atoms with Crippen molar-refractivity contribution < 1.29 is 18.7 Å². The van der Waals surface area contributed by atoms with E-state index >= 15 is 0 Å².